The quantitative estimate of drug-likeness (QED) is 0.0508. The van der Waals surface area contributed by atoms with Gasteiger partial charge in [-0.3, -0.25) is 0 Å². The van der Waals surface area contributed by atoms with E-state index < -0.39 is 47.6 Å². The van der Waals surface area contributed by atoms with Gasteiger partial charge in [0.05, 0.1) is 18.3 Å². The molecule has 6 aliphatic rings. The molecule has 2 fully saturated rings. The first-order valence-electron chi connectivity index (χ1n) is 26.4. The number of hydrogen-bond donors (Lipinski definition) is 9. The van der Waals surface area contributed by atoms with Crippen LogP contribution in [0.2, 0.25) is 0 Å². The van der Waals surface area contributed by atoms with Gasteiger partial charge in [-0.2, -0.15) is 0 Å². The van der Waals surface area contributed by atoms with Crippen LogP contribution in [0.15, 0.2) is 95.5 Å². The van der Waals surface area contributed by atoms with Crippen LogP contribution in [0.4, 0.5) is 0 Å². The second-order valence-electron chi connectivity index (χ2n) is 21.6. The third-order valence-electron chi connectivity index (χ3n) is 17.3. The van der Waals surface area contributed by atoms with Crippen LogP contribution in [0.25, 0.3) is 0 Å². The summed E-state index contributed by atoms with van der Waals surface area (Å²) in [7, 11) is 3.27. The van der Waals surface area contributed by atoms with E-state index >= 15 is 0 Å². The highest BCUT2D eigenvalue weighted by atomic mass is 33.1. The average molecular weight is 992 g/mol. The molecule has 378 valence electrons. The predicted octanol–water partition coefficient (Wildman–Crippen LogP) is 8.97. The van der Waals surface area contributed by atoms with Crippen LogP contribution in [-0.4, -0.2) is 91.3 Å². The summed E-state index contributed by atoms with van der Waals surface area (Å²) >= 11 is 0. The minimum Gasteiger partial charge on any atom is -0.504 e. The largest absolute Gasteiger partial charge is 0.504 e. The monoisotopic (exact) mass is 992 g/mol. The van der Waals surface area contributed by atoms with Crippen molar-refractivity contribution in [3.63, 3.8) is 0 Å². The van der Waals surface area contributed by atoms with E-state index in [0.29, 0.717) is 62.4 Å². The zero-order valence-corrected chi connectivity index (χ0v) is 42.7. The molecule has 2 aliphatic heterocycles. The Balaban J connectivity index is 1.09. The molecule has 2 aromatic carbocycles. The van der Waals surface area contributed by atoms with Gasteiger partial charge in [0.25, 0.3) is 0 Å². The number of H-pyrrole nitrogens is 1. The van der Waals surface area contributed by atoms with Gasteiger partial charge in [0, 0.05) is 77.8 Å². The number of hydrogen-bond acceptors (Lipinski definition) is 11. The Morgan fingerprint density at radius 2 is 1.73 bits per heavy atom. The van der Waals surface area contributed by atoms with Gasteiger partial charge in [-0.1, -0.05) is 121 Å². The minimum atomic E-state index is -1.05. The fourth-order valence-electron chi connectivity index (χ4n) is 13.5. The molecule has 3 heterocycles. The highest BCUT2D eigenvalue weighted by Gasteiger charge is 2.46. The van der Waals surface area contributed by atoms with E-state index in [4.69, 9.17) is 10.5 Å². The van der Waals surface area contributed by atoms with Crippen LogP contribution >= 0.6 is 21.6 Å². The van der Waals surface area contributed by atoms with Crippen molar-refractivity contribution in [3.05, 3.63) is 118 Å². The minimum absolute atomic E-state index is 0.00377. The Morgan fingerprint density at radius 1 is 0.914 bits per heavy atom. The van der Waals surface area contributed by atoms with Gasteiger partial charge in [-0.05, 0) is 134 Å². The number of aromatic nitrogens is 1. The van der Waals surface area contributed by atoms with Crippen LogP contribution in [0.1, 0.15) is 125 Å². The van der Waals surface area contributed by atoms with E-state index in [2.05, 4.69) is 77.6 Å². The number of nitrogens with two attached hydrogens (primary N) is 1. The van der Waals surface area contributed by atoms with Crippen molar-refractivity contribution < 1.29 is 35.4 Å². The third kappa shape index (κ3) is 11.1. The smallest absolute Gasteiger partial charge is 0.161 e. The summed E-state index contributed by atoms with van der Waals surface area (Å²) in [5, 5.41) is 73.6. The molecule has 70 heavy (non-hydrogen) atoms. The molecule has 9 rings (SSSR count). The molecule has 0 radical (unpaired) electrons. The van der Waals surface area contributed by atoms with Crippen molar-refractivity contribution in [2.24, 2.45) is 40.7 Å². The van der Waals surface area contributed by atoms with E-state index in [1.54, 1.807) is 21.6 Å². The first-order valence-corrected chi connectivity index (χ1v) is 28.9. The average Bonchev–Trinajstić information content (AvgIpc) is 3.82. The van der Waals surface area contributed by atoms with Gasteiger partial charge in [0.15, 0.2) is 11.5 Å². The molecule has 10 nitrogen and oxygen atoms in total. The lowest BCUT2D eigenvalue weighted by Gasteiger charge is -2.44. The van der Waals surface area contributed by atoms with Crippen molar-refractivity contribution in [2.75, 3.05) is 31.3 Å². The number of aliphatic hydroxyl groups excluding tert-OH is 5. The van der Waals surface area contributed by atoms with E-state index in [0.717, 1.165) is 72.9 Å². The number of aliphatic hydroxyl groups is 5. The van der Waals surface area contributed by atoms with E-state index in [1.807, 2.05) is 24.4 Å². The molecule has 0 amide bonds. The lowest BCUT2D eigenvalue weighted by atomic mass is 9.59. The topological polar surface area (TPSA) is 184 Å². The van der Waals surface area contributed by atoms with E-state index in [9.17, 15) is 30.6 Å². The second-order valence-corrected chi connectivity index (χ2v) is 24.1. The van der Waals surface area contributed by atoms with Gasteiger partial charge < -0.3 is 51.4 Å². The number of phenols is 1. The number of ether oxygens (including phenoxy) is 1. The summed E-state index contributed by atoms with van der Waals surface area (Å²) in [6.45, 7) is 2.62. The van der Waals surface area contributed by atoms with Gasteiger partial charge in [0.1, 0.15) is 11.9 Å². The van der Waals surface area contributed by atoms with Crippen LogP contribution in [0.5, 0.6) is 11.5 Å². The molecule has 10 N–H and O–H groups in total. The molecule has 3 aromatic rings. The standard InChI is InChI=1S/C58H77N3O7S2/c1-2-37-26-39-29-50(65)52(68-53-30-40(27-43-14-11-23-60-43)44-17-24-61-56(59)48(44)35-70-69-34-41(33-63)55(53)67)32-46(39)47-31-51(66)54-38(28-45(37)47)16-21-57(22-25-62,18-10-7-15-49(54)64)36-58(19-8-4-9-20-58)42-12-5-3-6-13-42/h3,5-6,11-14,17,23,28-29,32,37-38,40-41,47,49,51,53-55,60-67H,2,4,7-10,15,18-20,22,24-27,30-31,33-36,59H2,1H3. The maximum Gasteiger partial charge on any atom is 0.161 e. The lowest BCUT2D eigenvalue weighted by Crippen LogP contribution is -2.42. The van der Waals surface area contributed by atoms with Gasteiger partial charge in [-0.25, -0.2) is 0 Å². The van der Waals surface area contributed by atoms with Gasteiger partial charge >= 0.3 is 0 Å². The Hall–Kier alpha value is -3.80. The summed E-state index contributed by atoms with van der Waals surface area (Å²) < 4.78 is 6.94. The van der Waals surface area contributed by atoms with Crippen LogP contribution in [0, 0.1) is 46.8 Å². The molecule has 0 spiro atoms. The molecule has 11 atom stereocenters. The molecule has 0 bridgehead atoms. The normalized spacial score (nSPS) is 32.6. The summed E-state index contributed by atoms with van der Waals surface area (Å²) in [5.41, 5.74) is 14.0. The summed E-state index contributed by atoms with van der Waals surface area (Å²) in [4.78, 5) is 3.38. The van der Waals surface area contributed by atoms with Crippen molar-refractivity contribution in [2.45, 2.75) is 145 Å². The van der Waals surface area contributed by atoms with Crippen LogP contribution < -0.4 is 15.8 Å². The Kier molecular flexibility index (Phi) is 16.8. The van der Waals surface area contributed by atoms with Crippen molar-refractivity contribution in [3.8, 4) is 23.3 Å². The van der Waals surface area contributed by atoms with Crippen molar-refractivity contribution >= 4 is 21.6 Å². The molecule has 11 unspecified atom stereocenters. The number of dihydropyridines is 1. The number of aromatic amines is 1. The fraction of sp³-hybridized carbons (Fsp3) is 0.586. The molecule has 1 saturated heterocycles. The number of rotatable bonds is 11. The maximum absolute atomic E-state index is 12.5. The van der Waals surface area contributed by atoms with E-state index in [-0.39, 0.29) is 47.9 Å². The molecule has 1 saturated carbocycles. The lowest BCUT2D eigenvalue weighted by molar-refractivity contribution is -0.0214. The first kappa shape index (κ1) is 51.1. The third-order valence-corrected chi connectivity index (χ3v) is 19.7. The molecule has 12 heteroatoms. The van der Waals surface area contributed by atoms with Gasteiger partial charge in [-0.15, -0.1) is 0 Å². The number of allylic oxidation sites excluding steroid dienone is 3. The van der Waals surface area contributed by atoms with Gasteiger partial charge in [0.2, 0.25) is 0 Å². The predicted molar refractivity (Wildman–Crippen MR) is 282 cm³/mol. The van der Waals surface area contributed by atoms with Crippen molar-refractivity contribution in [1.82, 2.24) is 10.3 Å². The molecular formula is C58H77N3O7S2. The Morgan fingerprint density at radius 3 is 2.49 bits per heavy atom. The number of phenolic OH excluding ortho intramolecular Hbond substituents is 1. The van der Waals surface area contributed by atoms with E-state index in [1.165, 1.54) is 30.4 Å². The summed E-state index contributed by atoms with van der Waals surface area (Å²) in [5.74, 6) is 8.23. The van der Waals surface area contributed by atoms with Crippen LogP contribution in [0.3, 0.4) is 0 Å². The first-order chi connectivity index (χ1) is 34.0. The molecule has 4 aliphatic carbocycles. The molecule has 1 aromatic heterocycles. The Labute approximate surface area is 423 Å². The molecular weight excluding hydrogens is 915 g/mol. The fourth-order valence-corrected chi connectivity index (χ4v) is 16.0. The van der Waals surface area contributed by atoms with Crippen molar-refractivity contribution in [1.29, 1.82) is 0 Å². The maximum atomic E-state index is 12.5. The Bertz CT molecular complexity index is 2390. The van der Waals surface area contributed by atoms with Crippen LogP contribution in [-0.2, 0) is 18.3 Å². The zero-order chi connectivity index (χ0) is 48.8. The number of benzene rings is 2. The summed E-state index contributed by atoms with van der Waals surface area (Å²) in [6.07, 6.45) is 16.4. The second kappa shape index (κ2) is 23.0. The number of aromatic hydroxyl groups is 1. The highest BCUT2D eigenvalue weighted by molar-refractivity contribution is 8.76. The highest BCUT2D eigenvalue weighted by Crippen LogP contribution is 2.53. The zero-order valence-electron chi connectivity index (χ0n) is 41.0. The number of fused-ring (bicyclic) bond motifs is 5. The SMILES string of the molecule is CCC1Cc2cc(O)c(OC3CC(Cc4ccc[nH]4)C4=CCNC(N)=C4CSSCC(CO)C3O)cc2C2CC(O)C3C(C#CC(CCO)(CC4(c5ccccc5)CCCCC4)CCCCC3O)C=C12. The summed E-state index contributed by atoms with van der Waals surface area (Å²) in [6, 6.07) is 18.8. The number of nitrogens with one attached hydrogen (secondary N) is 2.